The summed E-state index contributed by atoms with van der Waals surface area (Å²) in [4.78, 5) is 42.3. The minimum Gasteiger partial charge on any atom is -0.477 e. The van der Waals surface area contributed by atoms with Crippen LogP contribution in [-0.4, -0.2) is 75.3 Å². The Hall–Kier alpha value is -4.51. The molecule has 2 atom stereocenters. The van der Waals surface area contributed by atoms with E-state index in [1.807, 2.05) is 0 Å². The molecule has 0 radical (unpaired) electrons. The van der Waals surface area contributed by atoms with Gasteiger partial charge in [-0.1, -0.05) is 0 Å². The monoisotopic (exact) mass is 541 g/mol. The number of hydrogen-bond acceptors (Lipinski definition) is 7. The molecule has 0 aliphatic carbocycles. The molecule has 5 aromatic rings. The third-order valence-electron chi connectivity index (χ3n) is 8.63. The van der Waals surface area contributed by atoms with Gasteiger partial charge in [0, 0.05) is 68.3 Å². The number of likely N-dealkylation sites (tertiary alicyclic amines) is 1. The van der Waals surface area contributed by atoms with Crippen molar-refractivity contribution in [2.45, 2.75) is 12.5 Å². The molecule has 0 saturated carbocycles. The Balaban J connectivity index is 1.53. The van der Waals surface area contributed by atoms with Crippen LogP contribution in [0, 0.1) is 11.7 Å². The number of halogens is 1. The zero-order chi connectivity index (χ0) is 27.9. The molecule has 2 saturated heterocycles. The Morgan fingerprint density at radius 2 is 1.98 bits per heavy atom. The SMILES string of the molecule is CNc1cc(F)cc2c1[nH]c1ncc(-c3cnc4c(c3)c(=O)c(C(=O)O)cn4C)c(N3CC4CCN(C)C4C3)c12. The van der Waals surface area contributed by atoms with Crippen LogP contribution in [0.2, 0.25) is 0 Å². The summed E-state index contributed by atoms with van der Waals surface area (Å²) in [5.74, 6) is -1.13. The maximum absolute atomic E-state index is 14.8. The Labute approximate surface area is 228 Å². The van der Waals surface area contributed by atoms with E-state index in [-0.39, 0.29) is 16.8 Å². The summed E-state index contributed by atoms with van der Waals surface area (Å²) in [6, 6.07) is 5.09. The van der Waals surface area contributed by atoms with E-state index in [1.165, 1.54) is 18.3 Å². The zero-order valence-electron chi connectivity index (χ0n) is 22.3. The van der Waals surface area contributed by atoms with Gasteiger partial charge < -0.3 is 29.8 Å². The molecule has 0 spiro atoms. The lowest BCUT2D eigenvalue weighted by Crippen LogP contribution is -2.32. The second-order valence-corrected chi connectivity index (χ2v) is 10.9. The lowest BCUT2D eigenvalue weighted by Gasteiger charge is -2.25. The van der Waals surface area contributed by atoms with Crippen LogP contribution in [0.5, 0.6) is 0 Å². The number of aromatic nitrogens is 4. The highest BCUT2D eigenvalue weighted by molar-refractivity contribution is 6.18. The van der Waals surface area contributed by atoms with E-state index in [4.69, 9.17) is 4.98 Å². The highest BCUT2D eigenvalue weighted by Gasteiger charge is 2.41. The first-order valence-electron chi connectivity index (χ1n) is 13.2. The lowest BCUT2D eigenvalue weighted by molar-refractivity contribution is 0.0695. The summed E-state index contributed by atoms with van der Waals surface area (Å²) in [5, 5.41) is 14.4. The number of carboxylic acid groups (broad SMARTS) is 1. The fraction of sp³-hybridized carbons (Fsp3) is 0.310. The summed E-state index contributed by atoms with van der Waals surface area (Å²) in [6.07, 6.45) is 5.85. The number of hydrogen-bond donors (Lipinski definition) is 3. The first-order chi connectivity index (χ1) is 19.2. The molecule has 3 N–H and O–H groups in total. The summed E-state index contributed by atoms with van der Waals surface area (Å²) >= 11 is 0. The zero-order valence-corrected chi connectivity index (χ0v) is 22.3. The fourth-order valence-corrected chi connectivity index (χ4v) is 6.66. The normalized spacial score (nSPS) is 19.2. The average Bonchev–Trinajstić information content (AvgIpc) is 3.63. The van der Waals surface area contributed by atoms with Gasteiger partial charge in [-0.15, -0.1) is 0 Å². The van der Waals surface area contributed by atoms with Crippen molar-refractivity contribution in [3.8, 4) is 11.1 Å². The van der Waals surface area contributed by atoms with Crippen molar-refractivity contribution in [1.82, 2.24) is 24.4 Å². The standard InChI is InChI=1S/C29H28FN7O3/c1-31-21-8-16(30)7-17-23-25(37-11-14-4-5-35(2)22(14)13-37)19(10-32-27(23)34-24(17)21)15-6-18-26(38)20(29(39)40)12-36(3)28(18)33-9-15/h6-10,12,14,22,31H,4-5,11,13H2,1-3H3,(H,32,34)(H,39,40). The number of carboxylic acids is 1. The molecular formula is C29H28FN7O3. The molecule has 2 fully saturated rings. The third-order valence-corrected chi connectivity index (χ3v) is 8.63. The van der Waals surface area contributed by atoms with Crippen LogP contribution >= 0.6 is 0 Å². The van der Waals surface area contributed by atoms with Crippen LogP contribution in [0.3, 0.4) is 0 Å². The molecule has 10 nitrogen and oxygen atoms in total. The van der Waals surface area contributed by atoms with Crippen molar-refractivity contribution in [2.75, 3.05) is 43.9 Å². The van der Waals surface area contributed by atoms with Gasteiger partial charge in [-0.3, -0.25) is 4.79 Å². The number of nitrogens with one attached hydrogen (secondary N) is 2. The molecule has 2 unspecified atom stereocenters. The molecule has 2 aliphatic rings. The number of pyridine rings is 3. The molecular weight excluding hydrogens is 513 g/mol. The maximum Gasteiger partial charge on any atom is 0.341 e. The average molecular weight is 542 g/mol. The van der Waals surface area contributed by atoms with Gasteiger partial charge in [0.15, 0.2) is 0 Å². The van der Waals surface area contributed by atoms with Crippen molar-refractivity contribution in [1.29, 1.82) is 0 Å². The topological polar surface area (TPSA) is 119 Å². The molecule has 6 heterocycles. The van der Waals surface area contributed by atoms with Gasteiger partial charge in [0.1, 0.15) is 22.7 Å². The summed E-state index contributed by atoms with van der Waals surface area (Å²) in [6.45, 7) is 2.71. The Kier molecular flexibility index (Phi) is 5.36. The number of carbonyl (C=O) groups is 1. The van der Waals surface area contributed by atoms with Gasteiger partial charge in [-0.2, -0.15) is 0 Å². The van der Waals surface area contributed by atoms with Gasteiger partial charge in [-0.25, -0.2) is 19.2 Å². The first kappa shape index (κ1) is 24.5. The van der Waals surface area contributed by atoms with Crippen LogP contribution < -0.4 is 15.6 Å². The highest BCUT2D eigenvalue weighted by atomic mass is 19.1. The first-order valence-corrected chi connectivity index (χ1v) is 13.2. The van der Waals surface area contributed by atoms with E-state index in [9.17, 15) is 19.1 Å². The molecule has 0 bridgehead atoms. The molecule has 7 rings (SSSR count). The molecule has 2 aliphatic heterocycles. The van der Waals surface area contributed by atoms with E-state index < -0.39 is 11.4 Å². The third kappa shape index (κ3) is 3.50. The Morgan fingerprint density at radius 3 is 2.73 bits per heavy atom. The van der Waals surface area contributed by atoms with Gasteiger partial charge >= 0.3 is 5.97 Å². The van der Waals surface area contributed by atoms with Gasteiger partial charge in [0.2, 0.25) is 5.43 Å². The van der Waals surface area contributed by atoms with E-state index >= 15 is 0 Å². The van der Waals surface area contributed by atoms with E-state index in [0.717, 1.165) is 48.2 Å². The number of aryl methyl sites for hydroxylation is 1. The largest absolute Gasteiger partial charge is 0.477 e. The molecule has 4 aromatic heterocycles. The second kappa shape index (κ2) is 8.75. The number of H-pyrrole nitrogens is 1. The lowest BCUT2D eigenvalue weighted by atomic mass is 10.0. The predicted molar refractivity (Wildman–Crippen MR) is 153 cm³/mol. The maximum atomic E-state index is 14.8. The van der Waals surface area contributed by atoms with Gasteiger partial charge in [0.05, 0.1) is 27.7 Å². The highest BCUT2D eigenvalue weighted by Crippen LogP contribution is 2.45. The van der Waals surface area contributed by atoms with E-state index in [1.54, 1.807) is 37.1 Å². The van der Waals surface area contributed by atoms with Crippen LogP contribution in [0.25, 0.3) is 44.1 Å². The number of aromatic amines is 1. The van der Waals surface area contributed by atoms with Crippen molar-refractivity contribution in [3.63, 3.8) is 0 Å². The van der Waals surface area contributed by atoms with Crippen molar-refractivity contribution in [3.05, 3.63) is 58.4 Å². The molecule has 204 valence electrons. The number of aromatic carboxylic acids is 1. The minimum absolute atomic E-state index is 0.214. The number of nitrogens with zero attached hydrogens (tertiary/aromatic N) is 5. The number of rotatable bonds is 4. The Bertz CT molecular complexity index is 1930. The summed E-state index contributed by atoms with van der Waals surface area (Å²) < 4.78 is 16.4. The Morgan fingerprint density at radius 1 is 1.15 bits per heavy atom. The molecule has 1 aromatic carbocycles. The summed E-state index contributed by atoms with van der Waals surface area (Å²) in [5.41, 5.74) is 3.82. The second-order valence-electron chi connectivity index (χ2n) is 10.9. The molecule has 11 heteroatoms. The van der Waals surface area contributed by atoms with E-state index in [0.29, 0.717) is 39.9 Å². The minimum atomic E-state index is -1.29. The number of benzene rings is 1. The molecule has 0 amide bonds. The van der Waals surface area contributed by atoms with E-state index in [2.05, 4.69) is 32.1 Å². The van der Waals surface area contributed by atoms with Crippen LogP contribution in [0.15, 0.2) is 41.6 Å². The van der Waals surface area contributed by atoms with Crippen LogP contribution in [-0.2, 0) is 7.05 Å². The predicted octanol–water partition coefficient (Wildman–Crippen LogP) is 3.65. The number of fused-ring (bicyclic) bond motifs is 5. The smallest absolute Gasteiger partial charge is 0.341 e. The quantitative estimate of drug-likeness (QED) is 0.316. The summed E-state index contributed by atoms with van der Waals surface area (Å²) in [7, 11) is 5.57. The van der Waals surface area contributed by atoms with Crippen LogP contribution in [0.1, 0.15) is 16.8 Å². The number of likely N-dealkylation sites (N-methyl/N-ethyl adjacent to an activating group) is 1. The van der Waals surface area contributed by atoms with Crippen molar-refractivity contribution in [2.24, 2.45) is 13.0 Å². The van der Waals surface area contributed by atoms with Crippen molar-refractivity contribution < 1.29 is 14.3 Å². The molecule has 40 heavy (non-hydrogen) atoms. The fourth-order valence-electron chi connectivity index (χ4n) is 6.66. The van der Waals surface area contributed by atoms with Crippen molar-refractivity contribution >= 4 is 50.3 Å². The van der Waals surface area contributed by atoms with Gasteiger partial charge in [0.25, 0.3) is 0 Å². The number of anilines is 2. The van der Waals surface area contributed by atoms with Crippen LogP contribution in [0.4, 0.5) is 15.8 Å². The van der Waals surface area contributed by atoms with Gasteiger partial charge in [-0.05, 0) is 44.1 Å².